The van der Waals surface area contributed by atoms with E-state index >= 15 is 0 Å². The molecule has 0 spiro atoms. The van der Waals surface area contributed by atoms with Gasteiger partial charge in [-0.15, -0.1) is 0 Å². The number of allylic oxidation sites excluding steroid dienone is 6. The van der Waals surface area contributed by atoms with Crippen molar-refractivity contribution in [1.29, 1.82) is 0 Å². The molecule has 0 amide bonds. The van der Waals surface area contributed by atoms with Crippen molar-refractivity contribution in [3.05, 3.63) is 65.3 Å². The maximum Gasteiger partial charge on any atom is -0.00389 e. The van der Waals surface area contributed by atoms with Crippen LogP contribution >= 0.6 is 0 Å². The van der Waals surface area contributed by atoms with Gasteiger partial charge in [0, 0.05) is 0 Å². The van der Waals surface area contributed by atoms with Crippen LogP contribution in [0.3, 0.4) is 0 Å². The Kier molecular flexibility index (Phi) is 1.54. The van der Waals surface area contributed by atoms with E-state index in [1.54, 1.807) is 0 Å². The maximum atomic E-state index is 2.18. The summed E-state index contributed by atoms with van der Waals surface area (Å²) < 4.78 is 0. The normalized spacial score (nSPS) is 22.1. The Labute approximate surface area is 83.6 Å². The van der Waals surface area contributed by atoms with Crippen LogP contribution in [-0.2, 0) is 0 Å². The highest BCUT2D eigenvalue weighted by Gasteiger charge is 2.12. The second-order valence-corrected chi connectivity index (χ2v) is 3.51. The Hall–Kier alpha value is -1.82. The van der Waals surface area contributed by atoms with Crippen LogP contribution in [-0.4, -0.2) is 0 Å². The molecule has 0 saturated carbocycles. The number of benzene rings is 1. The van der Waals surface area contributed by atoms with Gasteiger partial charge in [0.05, 0.1) is 0 Å². The van der Waals surface area contributed by atoms with Crippen molar-refractivity contribution in [3.8, 4) is 0 Å². The Morgan fingerprint density at radius 1 is 0.714 bits per heavy atom. The van der Waals surface area contributed by atoms with Crippen LogP contribution in [0.4, 0.5) is 0 Å². The first kappa shape index (κ1) is 7.57. The summed E-state index contributed by atoms with van der Waals surface area (Å²) in [5, 5.41) is 0. The fourth-order valence-corrected chi connectivity index (χ4v) is 1.98. The van der Waals surface area contributed by atoms with Gasteiger partial charge in [0.25, 0.3) is 0 Å². The Morgan fingerprint density at radius 2 is 1.57 bits per heavy atom. The van der Waals surface area contributed by atoms with E-state index in [-0.39, 0.29) is 0 Å². The Bertz CT molecular complexity index is 497. The zero-order valence-corrected chi connectivity index (χ0v) is 7.77. The largest absolute Gasteiger partial charge is 0.0622 e. The molecule has 14 heavy (non-hydrogen) atoms. The van der Waals surface area contributed by atoms with Crippen molar-refractivity contribution in [2.24, 2.45) is 0 Å². The molecular weight excluding hydrogens is 168 g/mol. The third-order valence-corrected chi connectivity index (χ3v) is 2.63. The van der Waals surface area contributed by atoms with E-state index in [1.807, 2.05) is 0 Å². The molecule has 0 heteroatoms. The monoisotopic (exact) mass is 178 g/mol. The average molecular weight is 178 g/mol. The van der Waals surface area contributed by atoms with E-state index in [4.69, 9.17) is 0 Å². The highest BCUT2D eigenvalue weighted by Crippen LogP contribution is 2.33. The van der Waals surface area contributed by atoms with Gasteiger partial charge < -0.3 is 0 Å². The van der Waals surface area contributed by atoms with Crippen LogP contribution in [0.15, 0.2) is 48.6 Å². The van der Waals surface area contributed by atoms with Crippen LogP contribution in [0.2, 0.25) is 0 Å². The summed E-state index contributed by atoms with van der Waals surface area (Å²) in [6.45, 7) is 0. The van der Waals surface area contributed by atoms with Crippen LogP contribution in [0.25, 0.3) is 17.7 Å². The predicted molar refractivity (Wildman–Crippen MR) is 61.6 cm³/mol. The van der Waals surface area contributed by atoms with Gasteiger partial charge in [0.15, 0.2) is 0 Å². The fourth-order valence-electron chi connectivity index (χ4n) is 1.98. The minimum absolute atomic E-state index is 1.31. The first-order chi connectivity index (χ1) is 6.95. The lowest BCUT2D eigenvalue weighted by molar-refractivity contribution is 1.57. The van der Waals surface area contributed by atoms with Crippen LogP contribution < -0.4 is 0 Å². The van der Waals surface area contributed by atoms with Crippen molar-refractivity contribution in [3.63, 3.8) is 0 Å². The van der Waals surface area contributed by atoms with E-state index in [2.05, 4.69) is 60.7 Å². The molecule has 2 aliphatic carbocycles. The van der Waals surface area contributed by atoms with Crippen LogP contribution in [0, 0.1) is 0 Å². The molecule has 0 unspecified atom stereocenters. The molecule has 0 heterocycles. The summed E-state index contributed by atoms with van der Waals surface area (Å²) in [6, 6.07) is 6.43. The average Bonchev–Trinajstić information content (AvgIpc) is 2.57. The first-order valence-electron chi connectivity index (χ1n) is 4.82. The summed E-state index contributed by atoms with van der Waals surface area (Å²) in [6.07, 6.45) is 14.9. The number of hydrogen-bond donors (Lipinski definition) is 0. The standard InChI is InChI=1S/C14H10/c1-2-5-11-7-4-8-13-10-9-12(6-3-1)14(11)13/h1-10H/b2-1?,3-1-,5-2?,6-3?,11-5?,12-6-. The van der Waals surface area contributed by atoms with Gasteiger partial charge >= 0.3 is 0 Å². The smallest absolute Gasteiger partial charge is 0.00389 e. The molecule has 66 valence electrons. The molecule has 0 aromatic heterocycles. The molecule has 0 saturated heterocycles. The lowest BCUT2D eigenvalue weighted by Crippen LogP contribution is -1.87. The Morgan fingerprint density at radius 3 is 2.50 bits per heavy atom. The summed E-state index contributed by atoms with van der Waals surface area (Å²) in [5.41, 5.74) is 5.32. The van der Waals surface area contributed by atoms with E-state index in [0.29, 0.717) is 0 Å². The molecule has 1 aromatic rings. The summed E-state index contributed by atoms with van der Waals surface area (Å²) in [5.74, 6) is 0. The molecule has 1 aromatic carbocycles. The van der Waals surface area contributed by atoms with E-state index in [1.165, 1.54) is 22.3 Å². The molecule has 3 rings (SSSR count). The predicted octanol–water partition coefficient (Wildman–Crippen LogP) is 3.68. The Balaban J connectivity index is 2.36. The van der Waals surface area contributed by atoms with Crippen LogP contribution in [0.5, 0.6) is 0 Å². The topological polar surface area (TPSA) is 0 Å². The number of rotatable bonds is 0. The van der Waals surface area contributed by atoms with Crippen molar-refractivity contribution in [1.82, 2.24) is 0 Å². The van der Waals surface area contributed by atoms with Gasteiger partial charge in [-0.3, -0.25) is 0 Å². The molecular formula is C14H10. The fraction of sp³-hybridized carbons (Fsp3) is 0. The second kappa shape index (κ2) is 2.85. The second-order valence-electron chi connectivity index (χ2n) is 3.51. The van der Waals surface area contributed by atoms with E-state index in [0.717, 1.165) is 0 Å². The molecule has 0 radical (unpaired) electrons. The molecule has 0 N–H and O–H groups in total. The molecule has 0 atom stereocenters. The lowest BCUT2D eigenvalue weighted by atomic mass is 9.97. The van der Waals surface area contributed by atoms with Gasteiger partial charge in [-0.1, -0.05) is 60.7 Å². The van der Waals surface area contributed by atoms with Crippen molar-refractivity contribution >= 4 is 17.7 Å². The van der Waals surface area contributed by atoms with Gasteiger partial charge in [0.2, 0.25) is 0 Å². The third kappa shape index (κ3) is 1.01. The summed E-state index contributed by atoms with van der Waals surface area (Å²) in [4.78, 5) is 0. The maximum absolute atomic E-state index is 2.18. The van der Waals surface area contributed by atoms with E-state index < -0.39 is 0 Å². The highest BCUT2D eigenvalue weighted by atomic mass is 14.2. The zero-order chi connectivity index (χ0) is 9.38. The molecule has 0 aliphatic heterocycles. The minimum Gasteiger partial charge on any atom is -0.0622 e. The minimum atomic E-state index is 1.31. The lowest BCUT2D eigenvalue weighted by Gasteiger charge is -2.06. The molecule has 2 aliphatic rings. The van der Waals surface area contributed by atoms with Gasteiger partial charge in [-0.2, -0.15) is 0 Å². The SMILES string of the molecule is C1=Cc2cccc3c2/C(=C\C=C/1)C=C3. The van der Waals surface area contributed by atoms with Gasteiger partial charge in [0.1, 0.15) is 0 Å². The quantitative estimate of drug-likeness (QED) is 0.568. The highest BCUT2D eigenvalue weighted by molar-refractivity contribution is 5.94. The van der Waals surface area contributed by atoms with Gasteiger partial charge in [-0.25, -0.2) is 0 Å². The van der Waals surface area contributed by atoms with Crippen LogP contribution in [0.1, 0.15) is 16.7 Å². The summed E-state index contributed by atoms with van der Waals surface area (Å²) >= 11 is 0. The third-order valence-electron chi connectivity index (χ3n) is 2.63. The zero-order valence-electron chi connectivity index (χ0n) is 7.77. The summed E-state index contributed by atoms with van der Waals surface area (Å²) in [7, 11) is 0. The first-order valence-corrected chi connectivity index (χ1v) is 4.82. The van der Waals surface area contributed by atoms with E-state index in [9.17, 15) is 0 Å². The number of hydrogen-bond acceptors (Lipinski definition) is 0. The van der Waals surface area contributed by atoms with Crippen molar-refractivity contribution in [2.45, 2.75) is 0 Å². The van der Waals surface area contributed by atoms with Crippen molar-refractivity contribution < 1.29 is 0 Å². The van der Waals surface area contributed by atoms with Crippen molar-refractivity contribution in [2.75, 3.05) is 0 Å². The molecule has 0 nitrogen and oxygen atoms in total. The molecule has 0 fully saturated rings. The molecule has 0 bridgehead atoms. The van der Waals surface area contributed by atoms with Gasteiger partial charge in [-0.05, 0) is 22.3 Å².